The summed E-state index contributed by atoms with van der Waals surface area (Å²) in [6.45, 7) is 0.893. The fourth-order valence-corrected chi connectivity index (χ4v) is 4.39. The van der Waals surface area contributed by atoms with E-state index in [4.69, 9.17) is 0 Å². The molecule has 1 saturated heterocycles. The summed E-state index contributed by atoms with van der Waals surface area (Å²) < 4.78 is 24.8. The van der Waals surface area contributed by atoms with Gasteiger partial charge in [0.05, 0.1) is 17.7 Å². The Balaban J connectivity index is 1.66. The fourth-order valence-electron chi connectivity index (χ4n) is 2.90. The van der Waals surface area contributed by atoms with E-state index in [9.17, 15) is 13.2 Å². The Morgan fingerprint density at radius 1 is 1.30 bits per heavy atom. The van der Waals surface area contributed by atoms with Gasteiger partial charge in [0.1, 0.15) is 21.5 Å². The lowest BCUT2D eigenvalue weighted by atomic mass is 10.0. The molecule has 7 heteroatoms. The summed E-state index contributed by atoms with van der Waals surface area (Å²) in [6, 6.07) is 0. The highest BCUT2D eigenvalue weighted by atomic mass is 32.2. The summed E-state index contributed by atoms with van der Waals surface area (Å²) in [4.78, 5) is 16.5. The van der Waals surface area contributed by atoms with Gasteiger partial charge in [-0.3, -0.25) is 4.79 Å². The molecule has 3 heterocycles. The van der Waals surface area contributed by atoms with E-state index in [0.29, 0.717) is 12.8 Å². The number of imidazole rings is 1. The van der Waals surface area contributed by atoms with Crippen molar-refractivity contribution in [2.45, 2.75) is 38.6 Å². The summed E-state index contributed by atoms with van der Waals surface area (Å²) in [6.07, 6.45) is 5.76. The minimum Gasteiger partial charge on any atom is -0.315 e. The van der Waals surface area contributed by atoms with Gasteiger partial charge in [-0.15, -0.1) is 0 Å². The van der Waals surface area contributed by atoms with E-state index in [1.807, 2.05) is 0 Å². The second-order valence-electron chi connectivity index (χ2n) is 5.58. The van der Waals surface area contributed by atoms with Crippen LogP contribution in [0.25, 0.3) is 0 Å². The molecule has 3 rings (SSSR count). The quantitative estimate of drug-likeness (QED) is 0.882. The summed E-state index contributed by atoms with van der Waals surface area (Å²) in [5.74, 6) is 1.74. The van der Waals surface area contributed by atoms with Crippen molar-refractivity contribution in [3.63, 3.8) is 0 Å². The van der Waals surface area contributed by atoms with Gasteiger partial charge in [0.2, 0.25) is 5.91 Å². The molecule has 20 heavy (non-hydrogen) atoms. The van der Waals surface area contributed by atoms with E-state index in [1.54, 1.807) is 6.20 Å². The minimum absolute atomic E-state index is 0.0758. The van der Waals surface area contributed by atoms with Gasteiger partial charge in [-0.2, -0.15) is 0 Å². The molecule has 110 valence electrons. The van der Waals surface area contributed by atoms with E-state index < -0.39 is 9.84 Å². The van der Waals surface area contributed by atoms with Crippen LogP contribution in [0.2, 0.25) is 0 Å². The molecule has 2 aliphatic rings. The summed E-state index contributed by atoms with van der Waals surface area (Å²) >= 11 is 0. The predicted octanol–water partition coefficient (Wildman–Crippen LogP) is 0.983. The Labute approximate surface area is 118 Å². The second-order valence-corrected chi connectivity index (χ2v) is 7.89. The lowest BCUT2D eigenvalue weighted by Gasteiger charge is -2.22. The Morgan fingerprint density at radius 3 is 2.80 bits per heavy atom. The van der Waals surface area contributed by atoms with Crippen molar-refractivity contribution in [2.24, 2.45) is 5.92 Å². The number of anilines is 1. The van der Waals surface area contributed by atoms with Gasteiger partial charge in [-0.25, -0.2) is 13.4 Å². The van der Waals surface area contributed by atoms with Crippen LogP contribution in [-0.4, -0.2) is 35.4 Å². The van der Waals surface area contributed by atoms with Crippen LogP contribution in [0.1, 0.15) is 31.5 Å². The number of carbonyl (C=O) groups excluding carboxylic acids is 1. The minimum atomic E-state index is -2.92. The van der Waals surface area contributed by atoms with E-state index in [1.165, 1.54) is 0 Å². The largest absolute Gasteiger partial charge is 0.315 e. The van der Waals surface area contributed by atoms with Gasteiger partial charge in [0, 0.05) is 18.9 Å². The second kappa shape index (κ2) is 5.20. The lowest BCUT2D eigenvalue weighted by molar-refractivity contribution is -0.120. The third-order valence-corrected chi connectivity index (χ3v) is 5.86. The van der Waals surface area contributed by atoms with Crippen LogP contribution in [-0.2, 0) is 27.6 Å². The molecule has 1 amide bonds. The third kappa shape index (κ3) is 2.72. The number of fused-ring (bicyclic) bond motifs is 1. The maximum Gasteiger partial charge on any atom is 0.228 e. The maximum absolute atomic E-state index is 12.2. The molecule has 1 aromatic heterocycles. The van der Waals surface area contributed by atoms with Crippen LogP contribution < -0.4 is 5.32 Å². The third-order valence-electron chi connectivity index (χ3n) is 4.15. The van der Waals surface area contributed by atoms with Gasteiger partial charge < -0.3 is 9.88 Å². The topological polar surface area (TPSA) is 81.1 Å². The van der Waals surface area contributed by atoms with Crippen LogP contribution in [0, 0.1) is 5.92 Å². The molecule has 0 unspecified atom stereocenters. The fraction of sp³-hybridized carbons (Fsp3) is 0.692. The van der Waals surface area contributed by atoms with Crippen molar-refractivity contribution in [3.05, 3.63) is 12.0 Å². The molecule has 6 nitrogen and oxygen atoms in total. The first kappa shape index (κ1) is 13.6. The molecule has 0 saturated carbocycles. The van der Waals surface area contributed by atoms with Crippen LogP contribution in [0.3, 0.4) is 0 Å². The Morgan fingerprint density at radius 2 is 2.05 bits per heavy atom. The normalized spacial score (nSPS) is 22.2. The van der Waals surface area contributed by atoms with Crippen molar-refractivity contribution in [1.29, 1.82) is 0 Å². The number of aromatic nitrogens is 2. The Hall–Kier alpha value is -1.37. The molecule has 2 aliphatic heterocycles. The molecule has 0 radical (unpaired) electrons. The molecule has 0 aromatic carbocycles. The first-order chi connectivity index (χ1) is 9.55. The molecule has 1 aromatic rings. The summed E-state index contributed by atoms with van der Waals surface area (Å²) in [5.41, 5.74) is 0. The number of carbonyl (C=O) groups is 1. The Bertz CT molecular complexity index is 607. The van der Waals surface area contributed by atoms with Crippen molar-refractivity contribution >= 4 is 21.6 Å². The van der Waals surface area contributed by atoms with E-state index >= 15 is 0 Å². The number of hydrogen-bond acceptors (Lipinski definition) is 4. The van der Waals surface area contributed by atoms with Gasteiger partial charge in [0.25, 0.3) is 0 Å². The average Bonchev–Trinajstić information content (AvgIpc) is 2.82. The number of hydrogen-bond donors (Lipinski definition) is 1. The number of nitrogens with zero attached hydrogens (tertiary/aromatic N) is 2. The zero-order valence-corrected chi connectivity index (χ0v) is 12.2. The van der Waals surface area contributed by atoms with E-state index in [2.05, 4.69) is 14.9 Å². The van der Waals surface area contributed by atoms with Crippen LogP contribution in [0.4, 0.5) is 5.82 Å². The highest BCUT2D eigenvalue weighted by molar-refractivity contribution is 7.91. The zero-order chi connectivity index (χ0) is 14.2. The molecular formula is C13H19N3O3S. The first-order valence-electron chi connectivity index (χ1n) is 7.11. The highest BCUT2D eigenvalue weighted by Gasteiger charge is 2.29. The molecule has 1 fully saturated rings. The maximum atomic E-state index is 12.2. The van der Waals surface area contributed by atoms with Gasteiger partial charge >= 0.3 is 0 Å². The molecule has 0 bridgehead atoms. The molecule has 0 spiro atoms. The Kier molecular flexibility index (Phi) is 3.54. The number of rotatable bonds is 2. The number of aryl methyl sites for hydroxylation is 1. The predicted molar refractivity (Wildman–Crippen MR) is 75.2 cm³/mol. The number of sulfone groups is 1. The SMILES string of the molecule is O=C(Nc1cnc2n1CCCC2)C1CCS(=O)(=O)CC1. The standard InChI is InChI=1S/C13H19N3O3S/c17-13(10-4-7-20(18,19)8-5-10)15-12-9-14-11-3-1-2-6-16(11)12/h9-10H,1-8H2,(H,15,17). The lowest BCUT2D eigenvalue weighted by Crippen LogP contribution is -2.32. The van der Waals surface area contributed by atoms with Gasteiger partial charge in [-0.05, 0) is 25.7 Å². The monoisotopic (exact) mass is 297 g/mol. The van der Waals surface area contributed by atoms with Gasteiger partial charge in [0.15, 0.2) is 0 Å². The highest BCUT2D eigenvalue weighted by Crippen LogP contribution is 2.23. The first-order valence-corrected chi connectivity index (χ1v) is 8.93. The average molecular weight is 297 g/mol. The smallest absolute Gasteiger partial charge is 0.228 e. The van der Waals surface area contributed by atoms with Crippen molar-refractivity contribution in [3.8, 4) is 0 Å². The van der Waals surface area contributed by atoms with Crippen LogP contribution in [0.5, 0.6) is 0 Å². The van der Waals surface area contributed by atoms with Gasteiger partial charge in [-0.1, -0.05) is 0 Å². The van der Waals surface area contributed by atoms with Crippen molar-refractivity contribution < 1.29 is 13.2 Å². The molecule has 0 atom stereocenters. The molecule has 0 aliphatic carbocycles. The van der Waals surface area contributed by atoms with E-state index in [0.717, 1.165) is 37.4 Å². The molecular weight excluding hydrogens is 278 g/mol. The summed E-state index contributed by atoms with van der Waals surface area (Å²) in [7, 11) is -2.92. The van der Waals surface area contributed by atoms with E-state index in [-0.39, 0.29) is 23.3 Å². The van der Waals surface area contributed by atoms with Crippen LogP contribution >= 0.6 is 0 Å². The van der Waals surface area contributed by atoms with Crippen molar-refractivity contribution in [2.75, 3.05) is 16.8 Å². The number of nitrogens with one attached hydrogen (secondary N) is 1. The molecule has 1 N–H and O–H groups in total. The summed E-state index contributed by atoms with van der Waals surface area (Å²) in [5, 5.41) is 2.91. The zero-order valence-electron chi connectivity index (χ0n) is 11.3. The van der Waals surface area contributed by atoms with Crippen LogP contribution in [0.15, 0.2) is 6.20 Å². The number of amides is 1. The van der Waals surface area contributed by atoms with Crippen molar-refractivity contribution in [1.82, 2.24) is 9.55 Å².